The molecule has 1 rings (SSSR count). The Hall–Kier alpha value is -0.610. The monoisotopic (exact) mass is 214 g/mol. The molecule has 3 atom stereocenters. The summed E-state index contributed by atoms with van der Waals surface area (Å²) in [5, 5.41) is 12.2. The van der Waals surface area contributed by atoms with Crippen LogP contribution in [-0.2, 0) is 4.79 Å². The predicted molar refractivity (Wildman–Crippen MR) is 59.2 cm³/mol. The molecule has 0 aromatic carbocycles. The smallest absolute Gasteiger partial charge is 0.224 e. The molecule has 0 heterocycles. The van der Waals surface area contributed by atoms with Crippen molar-refractivity contribution in [3.05, 3.63) is 0 Å². The molecule has 1 saturated carbocycles. The van der Waals surface area contributed by atoms with E-state index in [1.165, 1.54) is 0 Å². The molecule has 0 bridgehead atoms. The molecule has 0 aromatic rings. The van der Waals surface area contributed by atoms with E-state index < -0.39 is 0 Å². The van der Waals surface area contributed by atoms with E-state index in [-0.39, 0.29) is 30.4 Å². The molecule has 0 aliphatic heterocycles. The van der Waals surface area contributed by atoms with Crippen molar-refractivity contribution >= 4 is 5.91 Å². The predicted octanol–water partition coefficient (Wildman–Crippen LogP) is 0.249. The molecule has 4 N–H and O–H groups in total. The summed E-state index contributed by atoms with van der Waals surface area (Å²) in [4.78, 5) is 11.6. The lowest BCUT2D eigenvalue weighted by Crippen LogP contribution is -2.46. The zero-order valence-corrected chi connectivity index (χ0v) is 9.41. The van der Waals surface area contributed by atoms with Gasteiger partial charge in [0.1, 0.15) is 0 Å². The Morgan fingerprint density at radius 1 is 1.53 bits per heavy atom. The van der Waals surface area contributed by atoms with Crippen LogP contribution in [0.15, 0.2) is 0 Å². The Morgan fingerprint density at radius 3 is 2.80 bits per heavy atom. The minimum absolute atomic E-state index is 0.0165. The highest BCUT2D eigenvalue weighted by Crippen LogP contribution is 2.24. The van der Waals surface area contributed by atoms with Gasteiger partial charge in [-0.25, -0.2) is 0 Å². The zero-order chi connectivity index (χ0) is 11.3. The number of amides is 1. The summed E-state index contributed by atoms with van der Waals surface area (Å²) in [6.07, 6.45) is 4.29. The second kappa shape index (κ2) is 6.08. The third kappa shape index (κ3) is 3.47. The Kier molecular flexibility index (Phi) is 5.05. The molecule has 4 nitrogen and oxygen atoms in total. The van der Waals surface area contributed by atoms with Crippen LogP contribution in [0.1, 0.15) is 32.6 Å². The van der Waals surface area contributed by atoms with Gasteiger partial charge in [0.25, 0.3) is 0 Å². The van der Waals surface area contributed by atoms with E-state index in [0.29, 0.717) is 6.54 Å². The number of carbonyl (C=O) groups is 1. The van der Waals surface area contributed by atoms with Gasteiger partial charge in [-0.1, -0.05) is 19.8 Å². The van der Waals surface area contributed by atoms with Crippen molar-refractivity contribution < 1.29 is 9.90 Å². The second-order valence-electron chi connectivity index (χ2n) is 4.48. The summed E-state index contributed by atoms with van der Waals surface area (Å²) in [6.45, 7) is 2.37. The highest BCUT2D eigenvalue weighted by molar-refractivity contribution is 5.78. The van der Waals surface area contributed by atoms with Gasteiger partial charge < -0.3 is 16.2 Å². The molecule has 1 amide bonds. The standard InChI is InChI=1S/C11H22N2O2/c1-8(6-12)11(15)13-10-5-3-2-4-9(10)7-14/h8-10,14H,2-7,12H2,1H3,(H,13,15)/t8-,9+,10+/m1/s1. The molecule has 1 aliphatic rings. The Balaban J connectivity index is 2.44. The molecule has 1 aliphatic carbocycles. The molecular weight excluding hydrogens is 192 g/mol. The second-order valence-corrected chi connectivity index (χ2v) is 4.48. The fourth-order valence-corrected chi connectivity index (χ4v) is 2.05. The van der Waals surface area contributed by atoms with E-state index >= 15 is 0 Å². The number of carbonyl (C=O) groups excluding carboxylic acids is 1. The first-order valence-electron chi connectivity index (χ1n) is 5.80. The molecule has 88 valence electrons. The van der Waals surface area contributed by atoms with E-state index in [1.807, 2.05) is 6.92 Å². The van der Waals surface area contributed by atoms with Crippen LogP contribution in [0, 0.1) is 11.8 Å². The van der Waals surface area contributed by atoms with Gasteiger partial charge in [-0.2, -0.15) is 0 Å². The van der Waals surface area contributed by atoms with Crippen molar-refractivity contribution in [1.82, 2.24) is 5.32 Å². The van der Waals surface area contributed by atoms with Crippen LogP contribution >= 0.6 is 0 Å². The number of aliphatic hydroxyl groups is 1. The maximum absolute atomic E-state index is 11.6. The van der Waals surface area contributed by atoms with Crippen molar-refractivity contribution in [2.75, 3.05) is 13.2 Å². The summed E-state index contributed by atoms with van der Waals surface area (Å²) in [5.74, 6) is 0.113. The van der Waals surface area contributed by atoms with Crippen molar-refractivity contribution in [1.29, 1.82) is 0 Å². The van der Waals surface area contributed by atoms with E-state index in [1.54, 1.807) is 0 Å². The summed E-state index contributed by atoms with van der Waals surface area (Å²) in [7, 11) is 0. The van der Waals surface area contributed by atoms with Gasteiger partial charge in [0.05, 0.1) is 0 Å². The van der Waals surface area contributed by atoms with Crippen LogP contribution in [0.25, 0.3) is 0 Å². The molecule has 15 heavy (non-hydrogen) atoms. The number of rotatable bonds is 4. The van der Waals surface area contributed by atoms with Crippen LogP contribution in [0.2, 0.25) is 0 Å². The van der Waals surface area contributed by atoms with E-state index in [9.17, 15) is 9.90 Å². The van der Waals surface area contributed by atoms with Crippen LogP contribution in [0.3, 0.4) is 0 Å². The Morgan fingerprint density at radius 2 is 2.20 bits per heavy atom. The lowest BCUT2D eigenvalue weighted by molar-refractivity contribution is -0.125. The molecule has 0 aromatic heterocycles. The first-order valence-corrected chi connectivity index (χ1v) is 5.80. The molecule has 0 unspecified atom stereocenters. The quantitative estimate of drug-likeness (QED) is 0.628. The summed E-state index contributed by atoms with van der Waals surface area (Å²) in [5.41, 5.74) is 5.44. The Labute approximate surface area is 91.2 Å². The van der Waals surface area contributed by atoms with Gasteiger partial charge >= 0.3 is 0 Å². The van der Waals surface area contributed by atoms with Gasteiger partial charge in [0, 0.05) is 31.0 Å². The lowest BCUT2D eigenvalue weighted by Gasteiger charge is -2.31. The normalized spacial score (nSPS) is 28.5. The summed E-state index contributed by atoms with van der Waals surface area (Å²) >= 11 is 0. The highest BCUT2D eigenvalue weighted by atomic mass is 16.3. The van der Waals surface area contributed by atoms with E-state index in [4.69, 9.17) is 5.73 Å². The minimum Gasteiger partial charge on any atom is -0.396 e. The summed E-state index contributed by atoms with van der Waals surface area (Å²) < 4.78 is 0. The van der Waals surface area contributed by atoms with Crippen molar-refractivity contribution in [2.24, 2.45) is 17.6 Å². The number of hydrogen-bond acceptors (Lipinski definition) is 3. The fraction of sp³-hybridized carbons (Fsp3) is 0.909. The molecule has 0 spiro atoms. The van der Waals surface area contributed by atoms with Crippen LogP contribution in [0.4, 0.5) is 0 Å². The highest BCUT2D eigenvalue weighted by Gasteiger charge is 2.26. The van der Waals surface area contributed by atoms with Crippen molar-refractivity contribution in [3.8, 4) is 0 Å². The number of nitrogens with two attached hydrogens (primary N) is 1. The SMILES string of the molecule is C[C@H](CN)C(=O)N[C@H]1CCCC[C@H]1CO. The van der Waals surface area contributed by atoms with Gasteiger partial charge in [0.15, 0.2) is 0 Å². The number of hydrogen-bond donors (Lipinski definition) is 3. The third-order valence-electron chi connectivity index (χ3n) is 3.27. The fourth-order valence-electron chi connectivity index (χ4n) is 2.05. The third-order valence-corrected chi connectivity index (χ3v) is 3.27. The zero-order valence-electron chi connectivity index (χ0n) is 9.41. The first-order chi connectivity index (χ1) is 7.19. The first kappa shape index (κ1) is 12.5. The lowest BCUT2D eigenvalue weighted by atomic mass is 9.85. The van der Waals surface area contributed by atoms with E-state index in [2.05, 4.69) is 5.32 Å². The average Bonchev–Trinajstić information content (AvgIpc) is 2.28. The molecule has 4 heteroatoms. The number of aliphatic hydroxyl groups excluding tert-OH is 1. The summed E-state index contributed by atoms with van der Waals surface area (Å²) in [6, 6.07) is 0.144. The van der Waals surface area contributed by atoms with Gasteiger partial charge in [0.2, 0.25) is 5.91 Å². The average molecular weight is 214 g/mol. The topological polar surface area (TPSA) is 75.4 Å². The van der Waals surface area contributed by atoms with E-state index in [0.717, 1.165) is 25.7 Å². The van der Waals surface area contributed by atoms with Gasteiger partial charge in [-0.15, -0.1) is 0 Å². The van der Waals surface area contributed by atoms with Crippen molar-refractivity contribution in [3.63, 3.8) is 0 Å². The van der Waals surface area contributed by atoms with Crippen LogP contribution in [0.5, 0.6) is 0 Å². The van der Waals surface area contributed by atoms with Crippen molar-refractivity contribution in [2.45, 2.75) is 38.6 Å². The number of nitrogens with one attached hydrogen (secondary N) is 1. The Bertz CT molecular complexity index is 209. The maximum atomic E-state index is 11.6. The minimum atomic E-state index is -0.133. The molecule has 1 fully saturated rings. The molecular formula is C11H22N2O2. The molecule has 0 radical (unpaired) electrons. The molecule has 0 saturated heterocycles. The largest absolute Gasteiger partial charge is 0.396 e. The van der Waals surface area contributed by atoms with Gasteiger partial charge in [-0.3, -0.25) is 4.79 Å². The van der Waals surface area contributed by atoms with Crippen LogP contribution < -0.4 is 11.1 Å². The van der Waals surface area contributed by atoms with Crippen LogP contribution in [-0.4, -0.2) is 30.2 Å². The maximum Gasteiger partial charge on any atom is 0.224 e. The van der Waals surface area contributed by atoms with Gasteiger partial charge in [-0.05, 0) is 12.8 Å².